The van der Waals surface area contributed by atoms with Crippen molar-refractivity contribution in [2.24, 2.45) is 0 Å². The number of methoxy groups -OCH3 is 1. The minimum atomic E-state index is -5.99. The van der Waals surface area contributed by atoms with Crippen LogP contribution in [0.2, 0.25) is 0 Å². The molecule has 1 fully saturated rings. The Hall–Kier alpha value is -3.48. The summed E-state index contributed by atoms with van der Waals surface area (Å²) >= 11 is 0. The van der Waals surface area contributed by atoms with E-state index in [0.29, 0.717) is 42.7 Å². The van der Waals surface area contributed by atoms with Crippen molar-refractivity contribution in [3.63, 3.8) is 0 Å². The van der Waals surface area contributed by atoms with Gasteiger partial charge in [-0.15, -0.1) is 0 Å². The Kier molecular flexibility index (Phi) is 8.97. The lowest BCUT2D eigenvalue weighted by molar-refractivity contribution is -0.376. The summed E-state index contributed by atoms with van der Waals surface area (Å²) in [6.45, 7) is 3.38. The van der Waals surface area contributed by atoms with E-state index in [0.717, 1.165) is 11.0 Å². The Balaban J connectivity index is 1.63. The van der Waals surface area contributed by atoms with Crippen LogP contribution in [-0.2, 0) is 22.4 Å². The molecule has 1 atom stereocenters. The molecule has 0 spiro atoms. The Morgan fingerprint density at radius 3 is 2.15 bits per heavy atom. The maximum absolute atomic E-state index is 13.3. The Labute approximate surface area is 227 Å². The van der Waals surface area contributed by atoms with Crippen molar-refractivity contribution in [1.82, 2.24) is 10.2 Å². The summed E-state index contributed by atoms with van der Waals surface area (Å²) in [6.07, 6.45) is -10.8. The number of urea groups is 1. The number of hydrogen-bond acceptors (Lipinski definition) is 5. The van der Waals surface area contributed by atoms with E-state index in [2.05, 4.69) is 5.32 Å². The van der Waals surface area contributed by atoms with E-state index < -0.39 is 41.0 Å². The van der Waals surface area contributed by atoms with Gasteiger partial charge in [0.25, 0.3) is 11.5 Å². The molecule has 3 amide bonds. The molecule has 220 valence electrons. The first-order valence-corrected chi connectivity index (χ1v) is 12.5. The third kappa shape index (κ3) is 5.84. The van der Waals surface area contributed by atoms with Gasteiger partial charge in [0.15, 0.2) is 0 Å². The van der Waals surface area contributed by atoms with Crippen LogP contribution in [0.3, 0.4) is 0 Å². The fourth-order valence-electron chi connectivity index (χ4n) is 4.47. The van der Waals surface area contributed by atoms with Gasteiger partial charge in [0.05, 0.1) is 13.7 Å². The topological polar surface area (TPSA) is 88.1 Å². The number of rotatable bonds is 11. The van der Waals surface area contributed by atoms with E-state index >= 15 is 0 Å². The monoisotopic (exact) mass is 576 g/mol. The quantitative estimate of drug-likeness (QED) is 0.207. The number of unbranched alkanes of at least 4 members (excludes halogenated alkanes) is 1. The van der Waals surface area contributed by atoms with Crippen LogP contribution in [-0.4, -0.2) is 54.6 Å². The molecule has 0 aliphatic carbocycles. The molecule has 7 nitrogen and oxygen atoms in total. The van der Waals surface area contributed by atoms with Gasteiger partial charge >= 0.3 is 18.4 Å². The molecule has 2 aromatic carbocycles. The molecule has 0 saturated carbocycles. The number of carbonyl (C=O) groups excluding carboxylic acids is 2. The highest BCUT2D eigenvalue weighted by atomic mass is 19.4. The molecule has 13 heteroatoms. The van der Waals surface area contributed by atoms with E-state index in [1.54, 1.807) is 38.1 Å². The third-order valence-corrected chi connectivity index (χ3v) is 6.79. The number of imide groups is 1. The molecule has 1 aliphatic heterocycles. The number of benzene rings is 2. The Morgan fingerprint density at radius 2 is 1.60 bits per heavy atom. The minimum absolute atomic E-state index is 0.0261. The van der Waals surface area contributed by atoms with Crippen LogP contribution in [0.5, 0.6) is 11.5 Å². The summed E-state index contributed by atoms with van der Waals surface area (Å²) < 4.78 is 90.5. The van der Waals surface area contributed by atoms with Crippen LogP contribution < -0.4 is 14.8 Å². The van der Waals surface area contributed by atoms with Crippen LogP contribution >= 0.6 is 0 Å². The number of nitrogens with zero attached hydrogens (tertiary/aromatic N) is 1. The Morgan fingerprint density at radius 1 is 0.975 bits per heavy atom. The average molecular weight is 577 g/mol. The van der Waals surface area contributed by atoms with Gasteiger partial charge in [-0.2, -0.15) is 26.3 Å². The van der Waals surface area contributed by atoms with Crippen molar-refractivity contribution in [1.29, 1.82) is 0 Å². The second kappa shape index (κ2) is 11.6. The lowest BCUT2D eigenvalue weighted by atomic mass is 9.90. The summed E-state index contributed by atoms with van der Waals surface area (Å²) in [7, 11) is 1.51. The van der Waals surface area contributed by atoms with Crippen molar-refractivity contribution in [2.75, 3.05) is 20.3 Å². The van der Waals surface area contributed by atoms with Crippen LogP contribution in [0.15, 0.2) is 42.5 Å². The molecule has 0 bridgehead atoms. The number of aryl methyl sites for hydroxylation is 1. The largest absolute Gasteiger partial charge is 0.497 e. The van der Waals surface area contributed by atoms with Gasteiger partial charge in [-0.1, -0.05) is 31.5 Å². The Bertz CT molecular complexity index is 1200. The van der Waals surface area contributed by atoms with E-state index in [9.17, 15) is 41.0 Å². The summed E-state index contributed by atoms with van der Waals surface area (Å²) in [5, 5.41) is 12.4. The third-order valence-electron chi connectivity index (χ3n) is 6.79. The van der Waals surface area contributed by atoms with E-state index in [1.807, 2.05) is 0 Å². The van der Waals surface area contributed by atoms with Gasteiger partial charge in [-0.3, -0.25) is 9.69 Å². The standard InChI is InChI=1S/C27H30F6N2O5/c1-4-7-17-16-19(25(38,26(28,29)30)27(31,32)33)10-13-21(17)40-15-6-5-14-35-22(36)24(2,34-23(35)37)18-8-11-20(39-3)12-9-18/h8-13,16,38H,4-7,14-15H2,1-3H3,(H,34,37). The summed E-state index contributed by atoms with van der Waals surface area (Å²) in [4.78, 5) is 26.6. The number of alkyl halides is 6. The number of ether oxygens (including phenoxy) is 2. The van der Waals surface area contributed by atoms with Crippen LogP contribution in [0.4, 0.5) is 31.1 Å². The molecular weight excluding hydrogens is 546 g/mol. The predicted molar refractivity (Wildman–Crippen MR) is 132 cm³/mol. The highest BCUT2D eigenvalue weighted by Crippen LogP contribution is 2.50. The van der Waals surface area contributed by atoms with Crippen molar-refractivity contribution in [2.45, 2.75) is 63.0 Å². The first kappa shape index (κ1) is 31.1. The van der Waals surface area contributed by atoms with Gasteiger partial charge in [0.1, 0.15) is 17.0 Å². The molecule has 3 rings (SSSR count). The molecule has 1 aliphatic rings. The van der Waals surface area contributed by atoms with Gasteiger partial charge in [0.2, 0.25) is 0 Å². The second-order valence-electron chi connectivity index (χ2n) is 9.57. The number of amides is 3. The zero-order chi connectivity index (χ0) is 29.9. The highest BCUT2D eigenvalue weighted by Gasteiger charge is 2.71. The van der Waals surface area contributed by atoms with Gasteiger partial charge in [-0.05, 0) is 61.6 Å². The normalized spacial score (nSPS) is 18.2. The number of halogens is 6. The van der Waals surface area contributed by atoms with Crippen molar-refractivity contribution >= 4 is 11.9 Å². The first-order valence-electron chi connectivity index (χ1n) is 12.5. The summed E-state index contributed by atoms with van der Waals surface area (Å²) in [6, 6.07) is 8.32. The lowest BCUT2D eigenvalue weighted by Gasteiger charge is -2.33. The van der Waals surface area contributed by atoms with Crippen molar-refractivity contribution < 1.29 is 50.5 Å². The maximum Gasteiger partial charge on any atom is 0.430 e. The van der Waals surface area contributed by atoms with E-state index in [1.165, 1.54) is 7.11 Å². The molecule has 1 saturated heterocycles. The van der Waals surface area contributed by atoms with Crippen molar-refractivity contribution in [3.05, 3.63) is 59.2 Å². The molecule has 1 unspecified atom stereocenters. The van der Waals surface area contributed by atoms with Crippen LogP contribution in [0, 0.1) is 0 Å². The minimum Gasteiger partial charge on any atom is -0.497 e. The van der Waals surface area contributed by atoms with Gasteiger partial charge in [-0.25, -0.2) is 4.79 Å². The summed E-state index contributed by atoms with van der Waals surface area (Å²) in [5.74, 6) is 0.236. The first-order chi connectivity index (χ1) is 18.6. The van der Waals surface area contributed by atoms with Crippen molar-refractivity contribution in [3.8, 4) is 11.5 Å². The van der Waals surface area contributed by atoms with Crippen LogP contribution in [0.1, 0.15) is 49.8 Å². The van der Waals surface area contributed by atoms with E-state index in [-0.39, 0.29) is 30.9 Å². The molecule has 1 heterocycles. The highest BCUT2D eigenvalue weighted by molar-refractivity contribution is 6.07. The van der Waals surface area contributed by atoms with Gasteiger partial charge < -0.3 is 19.9 Å². The zero-order valence-corrected chi connectivity index (χ0v) is 22.1. The SMILES string of the molecule is CCCc1cc(C(O)(C(F)(F)F)C(F)(F)F)ccc1OCCCCN1C(=O)NC(C)(c2ccc(OC)cc2)C1=O. The fourth-order valence-corrected chi connectivity index (χ4v) is 4.47. The smallest absolute Gasteiger partial charge is 0.430 e. The van der Waals surface area contributed by atoms with Crippen LogP contribution in [0.25, 0.3) is 0 Å². The fraction of sp³-hybridized carbons (Fsp3) is 0.481. The maximum atomic E-state index is 13.3. The average Bonchev–Trinajstić information content (AvgIpc) is 3.11. The second-order valence-corrected chi connectivity index (χ2v) is 9.57. The zero-order valence-electron chi connectivity index (χ0n) is 22.1. The number of hydrogen-bond donors (Lipinski definition) is 2. The van der Waals surface area contributed by atoms with E-state index in [4.69, 9.17) is 9.47 Å². The molecular formula is C27H30F6N2O5. The molecule has 0 aromatic heterocycles. The predicted octanol–water partition coefficient (Wildman–Crippen LogP) is 5.59. The molecule has 2 N–H and O–H groups in total. The van der Waals surface area contributed by atoms with Gasteiger partial charge in [0, 0.05) is 12.1 Å². The molecule has 0 radical (unpaired) electrons. The number of aliphatic hydroxyl groups is 1. The molecule has 2 aromatic rings. The number of carbonyl (C=O) groups is 2. The molecule has 40 heavy (non-hydrogen) atoms. The summed E-state index contributed by atoms with van der Waals surface area (Å²) in [5.41, 5.74) is -6.97. The lowest BCUT2D eigenvalue weighted by Crippen LogP contribution is -2.53. The number of nitrogens with one attached hydrogen (secondary N) is 1.